The van der Waals surface area contributed by atoms with Crippen LogP contribution in [0.1, 0.15) is 65.6 Å². The predicted octanol–water partition coefficient (Wildman–Crippen LogP) is 4.92. The van der Waals surface area contributed by atoms with Crippen molar-refractivity contribution in [2.45, 2.75) is 63.1 Å². The van der Waals surface area contributed by atoms with Crippen LogP contribution in [0.2, 0.25) is 0 Å². The molecule has 0 radical (unpaired) electrons. The summed E-state index contributed by atoms with van der Waals surface area (Å²) in [6.45, 7) is 0.690. The van der Waals surface area contributed by atoms with Crippen LogP contribution in [-0.2, 0) is 17.1 Å². The minimum Gasteiger partial charge on any atom is -0.396 e. The number of fused-ring (bicyclic) bond motifs is 1. The highest BCUT2D eigenvalue weighted by Crippen LogP contribution is 2.49. The van der Waals surface area contributed by atoms with Gasteiger partial charge in [-0.2, -0.15) is 26.3 Å². The number of alkyl halides is 6. The van der Waals surface area contributed by atoms with E-state index in [9.17, 15) is 51.3 Å². The summed E-state index contributed by atoms with van der Waals surface area (Å²) in [5.74, 6) is -0.253. The van der Waals surface area contributed by atoms with Gasteiger partial charge in [0.15, 0.2) is 0 Å². The quantitative estimate of drug-likeness (QED) is 0.336. The Hall–Kier alpha value is -3.36. The fourth-order valence-electron chi connectivity index (χ4n) is 6.86. The molecule has 14 heteroatoms. The van der Waals surface area contributed by atoms with Crippen LogP contribution in [0, 0.1) is 12.3 Å². The smallest absolute Gasteiger partial charge is 0.396 e. The molecule has 0 saturated carbocycles. The van der Waals surface area contributed by atoms with E-state index in [1.807, 2.05) is 13.0 Å². The fraction of sp³-hybridized carbons (Fsp3) is 0.548. The summed E-state index contributed by atoms with van der Waals surface area (Å²) in [6, 6.07) is 4.91. The second-order valence-electron chi connectivity index (χ2n) is 11.8. The number of nitrogens with zero attached hydrogens (tertiary/aromatic N) is 3. The first-order valence-electron chi connectivity index (χ1n) is 14.6. The van der Waals surface area contributed by atoms with Crippen molar-refractivity contribution < 1.29 is 51.3 Å². The molecule has 0 unspecified atom stereocenters. The highest BCUT2D eigenvalue weighted by atomic mass is 19.4. The Morgan fingerprint density at radius 3 is 2.04 bits per heavy atom. The summed E-state index contributed by atoms with van der Waals surface area (Å²) >= 11 is 0. The van der Waals surface area contributed by atoms with Gasteiger partial charge < -0.3 is 30.0 Å². The second-order valence-corrected chi connectivity index (χ2v) is 11.8. The van der Waals surface area contributed by atoms with Crippen molar-refractivity contribution in [2.75, 3.05) is 40.0 Å². The number of carbonyl (C=O) groups is 2. The van der Waals surface area contributed by atoms with Crippen LogP contribution in [0.5, 0.6) is 0 Å². The Labute approximate surface area is 256 Å². The number of urea groups is 1. The number of piperazine rings is 1. The Balaban J connectivity index is 1.78. The summed E-state index contributed by atoms with van der Waals surface area (Å²) in [4.78, 5) is 32.1. The summed E-state index contributed by atoms with van der Waals surface area (Å²) in [5, 5.41) is 29.4. The molecule has 0 aromatic heterocycles. The normalized spacial score (nSPS) is 20.7. The van der Waals surface area contributed by atoms with Gasteiger partial charge in [0, 0.05) is 40.0 Å². The first-order valence-corrected chi connectivity index (χ1v) is 14.6. The van der Waals surface area contributed by atoms with E-state index in [0.717, 1.165) is 10.5 Å². The number of hydrogen-bond donors (Lipinski definition) is 3. The second kappa shape index (κ2) is 13.2. The SMILES string of the molecule is Cc1ccccc1[C@H]1[C@@H]2CC(CCO)(CCO)C(=O)N2CCN1C(=O)N(C)[C@H](CCO)c1cc(C(F)(F)F)cc(C(F)(F)F)c1. The maximum Gasteiger partial charge on any atom is 0.416 e. The lowest BCUT2D eigenvalue weighted by Gasteiger charge is -2.47. The Bertz CT molecular complexity index is 1350. The Morgan fingerprint density at radius 2 is 1.53 bits per heavy atom. The van der Waals surface area contributed by atoms with E-state index in [2.05, 4.69) is 0 Å². The van der Waals surface area contributed by atoms with Crippen LogP contribution >= 0.6 is 0 Å². The minimum absolute atomic E-state index is 0.000973. The molecule has 2 aliphatic rings. The minimum atomic E-state index is -5.10. The van der Waals surface area contributed by atoms with Crippen molar-refractivity contribution in [1.29, 1.82) is 0 Å². The van der Waals surface area contributed by atoms with Gasteiger partial charge in [0.1, 0.15) is 0 Å². The van der Waals surface area contributed by atoms with E-state index in [1.54, 1.807) is 23.1 Å². The first kappa shape index (κ1) is 34.5. The van der Waals surface area contributed by atoms with Gasteiger partial charge in [-0.1, -0.05) is 24.3 Å². The van der Waals surface area contributed by atoms with E-state index in [-0.39, 0.29) is 64.0 Å². The predicted molar refractivity (Wildman–Crippen MR) is 151 cm³/mol. The van der Waals surface area contributed by atoms with Gasteiger partial charge in [0.05, 0.1) is 34.7 Å². The van der Waals surface area contributed by atoms with Crippen LogP contribution in [0.25, 0.3) is 0 Å². The van der Waals surface area contributed by atoms with Crippen LogP contribution in [0.15, 0.2) is 42.5 Å². The van der Waals surface area contributed by atoms with Gasteiger partial charge in [-0.15, -0.1) is 0 Å². The molecule has 2 aromatic carbocycles. The first-order chi connectivity index (χ1) is 21.1. The molecule has 4 rings (SSSR count). The number of aliphatic hydroxyl groups is 3. The van der Waals surface area contributed by atoms with Crippen molar-refractivity contribution in [3.05, 3.63) is 70.3 Å². The zero-order chi connectivity index (χ0) is 33.3. The molecular weight excluding hydrogens is 608 g/mol. The summed E-state index contributed by atoms with van der Waals surface area (Å²) < 4.78 is 82.0. The number of rotatable bonds is 9. The number of halogens is 6. The number of benzene rings is 2. The molecule has 3 atom stereocenters. The molecule has 3 amide bonds. The van der Waals surface area contributed by atoms with Crippen LogP contribution in [-0.4, -0.2) is 88.0 Å². The highest BCUT2D eigenvalue weighted by Gasteiger charge is 2.56. The van der Waals surface area contributed by atoms with Crippen LogP contribution in [0.3, 0.4) is 0 Å². The maximum absolute atomic E-state index is 14.3. The lowest BCUT2D eigenvalue weighted by molar-refractivity contribution is -0.143. The van der Waals surface area contributed by atoms with E-state index >= 15 is 0 Å². The molecule has 2 fully saturated rings. The van der Waals surface area contributed by atoms with Gasteiger partial charge in [-0.3, -0.25) is 4.79 Å². The van der Waals surface area contributed by atoms with Gasteiger partial charge in [-0.25, -0.2) is 4.79 Å². The van der Waals surface area contributed by atoms with Crippen LogP contribution < -0.4 is 0 Å². The average Bonchev–Trinajstić information content (AvgIpc) is 3.25. The maximum atomic E-state index is 14.3. The molecule has 3 N–H and O–H groups in total. The fourth-order valence-corrected chi connectivity index (χ4v) is 6.86. The van der Waals surface area contributed by atoms with Crippen LogP contribution in [0.4, 0.5) is 31.1 Å². The standard InChI is InChI=1S/C31H37F6N3O5/c1-19-5-3-4-6-23(19)26-25-18-29(8-13-42,9-14-43)27(44)39(25)10-11-40(26)28(45)38(2)24(7-12-41)20-15-21(30(32,33)34)17-22(16-20)31(35,36)37/h3-6,15-17,24-26,41-43H,7-14,18H2,1-2H3/t24-,25+,26+/m1/s1. The molecule has 2 saturated heterocycles. The number of aliphatic hydroxyl groups excluding tert-OH is 3. The monoisotopic (exact) mass is 645 g/mol. The van der Waals surface area contributed by atoms with E-state index in [0.29, 0.717) is 17.7 Å². The van der Waals surface area contributed by atoms with Gasteiger partial charge in [-0.05, 0) is 67.5 Å². The van der Waals surface area contributed by atoms with Crippen molar-refractivity contribution in [3.63, 3.8) is 0 Å². The number of carbonyl (C=O) groups excluding carboxylic acids is 2. The molecule has 0 spiro atoms. The molecule has 0 bridgehead atoms. The number of amides is 3. The lowest BCUT2D eigenvalue weighted by atomic mass is 9.77. The Kier molecular flexibility index (Phi) is 10.1. The zero-order valence-corrected chi connectivity index (χ0v) is 24.9. The molecule has 2 aromatic rings. The summed E-state index contributed by atoms with van der Waals surface area (Å²) in [7, 11) is 1.26. The Morgan fingerprint density at radius 1 is 0.956 bits per heavy atom. The summed E-state index contributed by atoms with van der Waals surface area (Å²) in [5.41, 5.74) is -3.08. The molecule has 2 aliphatic heterocycles. The van der Waals surface area contributed by atoms with Gasteiger partial charge in [0.25, 0.3) is 0 Å². The van der Waals surface area contributed by atoms with E-state index in [1.165, 1.54) is 11.9 Å². The average molecular weight is 646 g/mol. The third kappa shape index (κ3) is 6.77. The highest BCUT2D eigenvalue weighted by molar-refractivity contribution is 5.86. The largest absolute Gasteiger partial charge is 0.416 e. The van der Waals surface area contributed by atoms with Crippen molar-refractivity contribution in [2.24, 2.45) is 5.41 Å². The zero-order valence-electron chi connectivity index (χ0n) is 24.9. The molecule has 248 valence electrons. The lowest BCUT2D eigenvalue weighted by Crippen LogP contribution is -2.57. The molecule has 45 heavy (non-hydrogen) atoms. The summed E-state index contributed by atoms with van der Waals surface area (Å²) in [6.07, 6.45) is -10.1. The topological polar surface area (TPSA) is 105 Å². The number of hydrogen-bond acceptors (Lipinski definition) is 5. The van der Waals surface area contributed by atoms with E-state index in [4.69, 9.17) is 0 Å². The van der Waals surface area contributed by atoms with Gasteiger partial charge >= 0.3 is 18.4 Å². The van der Waals surface area contributed by atoms with E-state index < -0.39 is 65.2 Å². The molecular formula is C31H37F6N3O5. The van der Waals surface area contributed by atoms with Crippen molar-refractivity contribution in [1.82, 2.24) is 14.7 Å². The van der Waals surface area contributed by atoms with Crippen molar-refractivity contribution in [3.8, 4) is 0 Å². The molecule has 8 nitrogen and oxygen atoms in total. The number of aryl methyl sites for hydroxylation is 1. The van der Waals surface area contributed by atoms with Gasteiger partial charge in [0.2, 0.25) is 5.91 Å². The molecule has 0 aliphatic carbocycles. The van der Waals surface area contributed by atoms with Crippen molar-refractivity contribution >= 4 is 11.9 Å². The third-order valence-electron chi connectivity index (χ3n) is 9.10. The molecule has 2 heterocycles. The third-order valence-corrected chi connectivity index (χ3v) is 9.10.